The van der Waals surface area contributed by atoms with Gasteiger partial charge in [-0.1, -0.05) is 44.9 Å². The molecule has 0 fully saturated rings. The maximum Gasteiger partial charge on any atom is 0.261 e. The summed E-state index contributed by atoms with van der Waals surface area (Å²) in [6.07, 6.45) is 3.61. The van der Waals surface area contributed by atoms with E-state index < -0.39 is 6.10 Å². The zero-order valence-electron chi connectivity index (χ0n) is 12.2. The van der Waals surface area contributed by atoms with E-state index in [-0.39, 0.29) is 5.91 Å². The van der Waals surface area contributed by atoms with E-state index in [1.165, 1.54) is 0 Å². The SMILES string of the molecule is CCCCCNC(=O)[C@@H](CC)Oc1ccccc1C. The Kier molecular flexibility index (Phi) is 7.01. The van der Waals surface area contributed by atoms with E-state index in [0.29, 0.717) is 6.42 Å². The van der Waals surface area contributed by atoms with E-state index in [9.17, 15) is 4.79 Å². The molecule has 0 saturated carbocycles. The molecular formula is C16H25NO2. The van der Waals surface area contributed by atoms with Gasteiger partial charge in [-0.2, -0.15) is 0 Å². The maximum absolute atomic E-state index is 12.0. The molecule has 1 atom stereocenters. The van der Waals surface area contributed by atoms with Gasteiger partial charge >= 0.3 is 0 Å². The zero-order chi connectivity index (χ0) is 14.1. The topological polar surface area (TPSA) is 38.3 Å². The summed E-state index contributed by atoms with van der Waals surface area (Å²) in [5, 5.41) is 2.94. The second kappa shape index (κ2) is 8.57. The summed E-state index contributed by atoms with van der Waals surface area (Å²) in [6, 6.07) is 7.78. The first-order chi connectivity index (χ1) is 9.19. The number of carbonyl (C=O) groups is 1. The maximum atomic E-state index is 12.0. The third-order valence-electron chi connectivity index (χ3n) is 3.11. The molecule has 0 unspecified atom stereocenters. The Morgan fingerprint density at radius 2 is 2.00 bits per heavy atom. The van der Waals surface area contributed by atoms with Crippen LogP contribution < -0.4 is 10.1 Å². The van der Waals surface area contributed by atoms with Crippen LogP contribution in [0, 0.1) is 6.92 Å². The summed E-state index contributed by atoms with van der Waals surface area (Å²) in [5.41, 5.74) is 1.06. The molecule has 1 rings (SSSR count). The number of carbonyl (C=O) groups excluding carboxylic acids is 1. The molecule has 0 aliphatic carbocycles. The van der Waals surface area contributed by atoms with E-state index >= 15 is 0 Å². The lowest BCUT2D eigenvalue weighted by molar-refractivity contribution is -0.128. The van der Waals surface area contributed by atoms with Crippen LogP contribution in [-0.2, 0) is 4.79 Å². The number of benzene rings is 1. The highest BCUT2D eigenvalue weighted by molar-refractivity contribution is 5.81. The fraction of sp³-hybridized carbons (Fsp3) is 0.562. The van der Waals surface area contributed by atoms with Crippen molar-refractivity contribution in [3.8, 4) is 5.75 Å². The summed E-state index contributed by atoms with van der Waals surface area (Å²) in [6.45, 7) is 6.84. The van der Waals surface area contributed by atoms with Gasteiger partial charge in [0.25, 0.3) is 5.91 Å². The average Bonchev–Trinajstić information content (AvgIpc) is 2.42. The summed E-state index contributed by atoms with van der Waals surface area (Å²) in [4.78, 5) is 12.0. The first kappa shape index (κ1) is 15.5. The Morgan fingerprint density at radius 3 is 2.63 bits per heavy atom. The van der Waals surface area contributed by atoms with Crippen molar-refractivity contribution < 1.29 is 9.53 Å². The highest BCUT2D eigenvalue weighted by atomic mass is 16.5. The Hall–Kier alpha value is -1.51. The number of hydrogen-bond acceptors (Lipinski definition) is 2. The third kappa shape index (κ3) is 5.33. The molecule has 3 heteroatoms. The van der Waals surface area contributed by atoms with Gasteiger partial charge < -0.3 is 10.1 Å². The van der Waals surface area contributed by atoms with Crippen molar-refractivity contribution >= 4 is 5.91 Å². The van der Waals surface area contributed by atoms with Crippen LogP contribution >= 0.6 is 0 Å². The molecule has 0 bridgehead atoms. The molecule has 0 aliphatic heterocycles. The smallest absolute Gasteiger partial charge is 0.261 e. The minimum atomic E-state index is -0.400. The number of para-hydroxylation sites is 1. The van der Waals surface area contributed by atoms with Crippen molar-refractivity contribution in [1.29, 1.82) is 0 Å². The summed E-state index contributed by atoms with van der Waals surface area (Å²) >= 11 is 0. The molecule has 19 heavy (non-hydrogen) atoms. The van der Waals surface area contributed by atoms with Gasteiger partial charge in [0.2, 0.25) is 0 Å². The van der Waals surface area contributed by atoms with Gasteiger partial charge in [-0.25, -0.2) is 0 Å². The van der Waals surface area contributed by atoms with Crippen LogP contribution in [0.15, 0.2) is 24.3 Å². The number of nitrogens with one attached hydrogen (secondary N) is 1. The molecule has 0 spiro atoms. The lowest BCUT2D eigenvalue weighted by atomic mass is 10.2. The fourth-order valence-electron chi connectivity index (χ4n) is 1.86. The first-order valence-electron chi connectivity index (χ1n) is 7.19. The Labute approximate surface area is 116 Å². The molecule has 3 nitrogen and oxygen atoms in total. The molecule has 0 heterocycles. The minimum Gasteiger partial charge on any atom is -0.480 e. The van der Waals surface area contributed by atoms with Crippen molar-refractivity contribution in [1.82, 2.24) is 5.32 Å². The number of aryl methyl sites for hydroxylation is 1. The van der Waals surface area contributed by atoms with Gasteiger partial charge in [0.15, 0.2) is 6.10 Å². The third-order valence-corrected chi connectivity index (χ3v) is 3.11. The van der Waals surface area contributed by atoms with Crippen molar-refractivity contribution in [2.75, 3.05) is 6.54 Å². The lowest BCUT2D eigenvalue weighted by Gasteiger charge is -2.18. The van der Waals surface area contributed by atoms with Crippen LogP contribution in [0.2, 0.25) is 0 Å². The Balaban J connectivity index is 2.48. The number of hydrogen-bond donors (Lipinski definition) is 1. The molecule has 1 N–H and O–H groups in total. The van der Waals surface area contributed by atoms with Gasteiger partial charge in [-0.05, 0) is 31.4 Å². The van der Waals surface area contributed by atoms with Gasteiger partial charge in [-0.15, -0.1) is 0 Å². The van der Waals surface area contributed by atoms with Gasteiger partial charge in [0, 0.05) is 6.54 Å². The average molecular weight is 263 g/mol. The van der Waals surface area contributed by atoms with Crippen LogP contribution in [0.3, 0.4) is 0 Å². The quantitative estimate of drug-likeness (QED) is 0.729. The number of unbranched alkanes of at least 4 members (excludes halogenated alkanes) is 2. The predicted molar refractivity (Wildman–Crippen MR) is 78.4 cm³/mol. The van der Waals surface area contributed by atoms with Crippen LogP contribution in [-0.4, -0.2) is 18.6 Å². The van der Waals surface area contributed by atoms with E-state index in [0.717, 1.165) is 37.1 Å². The van der Waals surface area contributed by atoms with Crippen LogP contribution in [0.1, 0.15) is 45.1 Å². The van der Waals surface area contributed by atoms with Crippen LogP contribution in [0.4, 0.5) is 0 Å². The van der Waals surface area contributed by atoms with Gasteiger partial charge in [0.1, 0.15) is 5.75 Å². The lowest BCUT2D eigenvalue weighted by Crippen LogP contribution is -2.38. The standard InChI is InChI=1S/C16H25NO2/c1-4-6-9-12-17-16(18)14(5-2)19-15-11-8-7-10-13(15)3/h7-8,10-11,14H,4-6,9,12H2,1-3H3,(H,17,18)/t14-/m1/s1. The first-order valence-corrected chi connectivity index (χ1v) is 7.19. The molecule has 1 aromatic rings. The highest BCUT2D eigenvalue weighted by Crippen LogP contribution is 2.18. The summed E-state index contributed by atoms with van der Waals surface area (Å²) < 4.78 is 5.80. The van der Waals surface area contributed by atoms with E-state index in [1.54, 1.807) is 0 Å². The van der Waals surface area contributed by atoms with Crippen molar-refractivity contribution in [3.63, 3.8) is 0 Å². The van der Waals surface area contributed by atoms with E-state index in [1.807, 2.05) is 38.1 Å². The minimum absolute atomic E-state index is 0.0122. The summed E-state index contributed by atoms with van der Waals surface area (Å²) in [5.74, 6) is 0.778. The fourth-order valence-corrected chi connectivity index (χ4v) is 1.86. The Morgan fingerprint density at radius 1 is 1.26 bits per heavy atom. The molecule has 0 radical (unpaired) electrons. The Bertz CT molecular complexity index is 390. The largest absolute Gasteiger partial charge is 0.480 e. The molecule has 0 aromatic heterocycles. The molecule has 1 aromatic carbocycles. The predicted octanol–water partition coefficient (Wildman–Crippen LogP) is 3.46. The monoisotopic (exact) mass is 263 g/mol. The number of amides is 1. The van der Waals surface area contributed by atoms with Crippen LogP contribution in [0.5, 0.6) is 5.75 Å². The molecule has 106 valence electrons. The second-order valence-electron chi connectivity index (χ2n) is 4.78. The normalized spacial score (nSPS) is 11.9. The highest BCUT2D eigenvalue weighted by Gasteiger charge is 2.18. The van der Waals surface area contributed by atoms with E-state index in [4.69, 9.17) is 4.74 Å². The van der Waals surface area contributed by atoms with Crippen molar-refractivity contribution in [3.05, 3.63) is 29.8 Å². The zero-order valence-corrected chi connectivity index (χ0v) is 12.2. The molecule has 0 saturated heterocycles. The van der Waals surface area contributed by atoms with Crippen molar-refractivity contribution in [2.24, 2.45) is 0 Å². The van der Waals surface area contributed by atoms with E-state index in [2.05, 4.69) is 12.2 Å². The van der Waals surface area contributed by atoms with Crippen LogP contribution in [0.25, 0.3) is 0 Å². The molecule has 0 aliphatic rings. The molecular weight excluding hydrogens is 238 g/mol. The number of ether oxygens (including phenoxy) is 1. The van der Waals surface area contributed by atoms with Gasteiger partial charge in [-0.3, -0.25) is 4.79 Å². The number of rotatable bonds is 8. The summed E-state index contributed by atoms with van der Waals surface area (Å²) in [7, 11) is 0. The van der Waals surface area contributed by atoms with Crippen molar-refractivity contribution in [2.45, 2.75) is 52.6 Å². The molecule has 1 amide bonds. The van der Waals surface area contributed by atoms with Gasteiger partial charge in [0.05, 0.1) is 0 Å². The second-order valence-corrected chi connectivity index (χ2v) is 4.78.